The van der Waals surface area contributed by atoms with Crippen LogP contribution >= 0.6 is 0 Å². The fourth-order valence-corrected chi connectivity index (χ4v) is 4.14. The molecule has 0 saturated carbocycles. The van der Waals surface area contributed by atoms with Gasteiger partial charge in [0.25, 0.3) is 0 Å². The molecule has 1 aromatic carbocycles. The Morgan fingerprint density at radius 3 is 2.78 bits per heavy atom. The second kappa shape index (κ2) is 6.36. The molecule has 2 aliphatic rings. The van der Waals surface area contributed by atoms with Crippen LogP contribution in [0.3, 0.4) is 0 Å². The van der Waals surface area contributed by atoms with Crippen molar-refractivity contribution >= 4 is 16.6 Å². The summed E-state index contributed by atoms with van der Waals surface area (Å²) in [5.74, 6) is 3.63. The number of hydrogen-bond donors (Lipinski definition) is 0. The van der Waals surface area contributed by atoms with Crippen molar-refractivity contribution in [2.24, 2.45) is 11.8 Å². The predicted octanol–water partition coefficient (Wildman–Crippen LogP) is 3.50. The van der Waals surface area contributed by atoms with Crippen LogP contribution in [0.5, 0.6) is 5.75 Å². The van der Waals surface area contributed by atoms with Gasteiger partial charge in [-0.1, -0.05) is 12.1 Å². The van der Waals surface area contributed by atoms with Crippen molar-refractivity contribution in [3.63, 3.8) is 0 Å². The Bertz CT molecular complexity index is 682. The van der Waals surface area contributed by atoms with Crippen LogP contribution in [0.4, 0.5) is 5.82 Å². The van der Waals surface area contributed by atoms with E-state index in [1.807, 2.05) is 18.3 Å². The maximum absolute atomic E-state index is 5.51. The number of anilines is 1. The van der Waals surface area contributed by atoms with E-state index < -0.39 is 0 Å². The van der Waals surface area contributed by atoms with Crippen LogP contribution in [0.15, 0.2) is 30.5 Å². The molecule has 0 N–H and O–H groups in total. The number of aromatic nitrogens is 1. The highest BCUT2D eigenvalue weighted by molar-refractivity contribution is 5.96. The van der Waals surface area contributed by atoms with Crippen LogP contribution in [-0.4, -0.2) is 38.4 Å². The van der Waals surface area contributed by atoms with E-state index in [2.05, 4.69) is 22.0 Å². The molecule has 0 amide bonds. The average Bonchev–Trinajstić information content (AvgIpc) is 3.11. The van der Waals surface area contributed by atoms with Crippen LogP contribution in [0.25, 0.3) is 10.8 Å². The van der Waals surface area contributed by atoms with Crippen LogP contribution in [-0.2, 0) is 4.74 Å². The van der Waals surface area contributed by atoms with E-state index in [4.69, 9.17) is 9.47 Å². The lowest BCUT2D eigenvalue weighted by molar-refractivity contribution is 0.0500. The number of nitrogens with zero attached hydrogens (tertiary/aromatic N) is 2. The van der Waals surface area contributed by atoms with E-state index in [0.29, 0.717) is 0 Å². The Hall–Kier alpha value is -1.81. The molecule has 4 heteroatoms. The molecule has 122 valence electrons. The number of ether oxygens (including phenoxy) is 2. The minimum absolute atomic E-state index is 0.779. The first kappa shape index (κ1) is 14.8. The highest BCUT2D eigenvalue weighted by Crippen LogP contribution is 2.36. The van der Waals surface area contributed by atoms with E-state index in [1.54, 1.807) is 7.11 Å². The number of pyridine rings is 1. The number of fused-ring (bicyclic) bond motifs is 1. The zero-order chi connectivity index (χ0) is 15.6. The summed E-state index contributed by atoms with van der Waals surface area (Å²) in [6.07, 6.45) is 5.61. The smallest absolute Gasteiger partial charge is 0.136 e. The fourth-order valence-electron chi connectivity index (χ4n) is 4.14. The quantitative estimate of drug-likeness (QED) is 0.869. The van der Waals surface area contributed by atoms with Crippen LogP contribution in [0.1, 0.15) is 19.3 Å². The van der Waals surface area contributed by atoms with E-state index in [-0.39, 0.29) is 0 Å². The van der Waals surface area contributed by atoms with Gasteiger partial charge in [0.2, 0.25) is 0 Å². The molecule has 2 fully saturated rings. The Morgan fingerprint density at radius 2 is 1.96 bits per heavy atom. The first-order valence-electron chi connectivity index (χ1n) is 8.61. The molecule has 2 saturated heterocycles. The standard InChI is InChI=1S/C19H24N2O2/c1-22-18-4-2-3-17-16(18)5-9-20-19(17)21-10-6-15(13-21)14-7-11-23-12-8-14/h2-5,9,14-15H,6-8,10-13H2,1H3. The van der Waals surface area contributed by atoms with Gasteiger partial charge in [-0.15, -0.1) is 0 Å². The summed E-state index contributed by atoms with van der Waals surface area (Å²) in [5.41, 5.74) is 0. The van der Waals surface area contributed by atoms with Crippen LogP contribution in [0, 0.1) is 11.8 Å². The molecular formula is C19H24N2O2. The minimum Gasteiger partial charge on any atom is -0.496 e. The molecule has 2 aromatic rings. The Kier molecular flexibility index (Phi) is 4.08. The molecular weight excluding hydrogens is 288 g/mol. The van der Waals surface area contributed by atoms with Gasteiger partial charge in [0.15, 0.2) is 0 Å². The normalized spacial score (nSPS) is 22.7. The third kappa shape index (κ3) is 2.76. The van der Waals surface area contributed by atoms with Gasteiger partial charge >= 0.3 is 0 Å². The number of benzene rings is 1. The van der Waals surface area contributed by atoms with Gasteiger partial charge in [-0.2, -0.15) is 0 Å². The molecule has 1 atom stereocenters. The lowest BCUT2D eigenvalue weighted by Crippen LogP contribution is -2.27. The van der Waals surface area contributed by atoms with Crippen molar-refractivity contribution in [2.75, 3.05) is 38.3 Å². The summed E-state index contributed by atoms with van der Waals surface area (Å²) >= 11 is 0. The summed E-state index contributed by atoms with van der Waals surface area (Å²) in [4.78, 5) is 7.15. The summed E-state index contributed by atoms with van der Waals surface area (Å²) in [5, 5.41) is 2.34. The van der Waals surface area contributed by atoms with E-state index in [9.17, 15) is 0 Å². The summed E-state index contributed by atoms with van der Waals surface area (Å²) in [7, 11) is 1.73. The average molecular weight is 312 g/mol. The highest BCUT2D eigenvalue weighted by Gasteiger charge is 2.31. The summed E-state index contributed by atoms with van der Waals surface area (Å²) < 4.78 is 11.0. The monoisotopic (exact) mass is 312 g/mol. The van der Waals surface area contributed by atoms with Crippen molar-refractivity contribution < 1.29 is 9.47 Å². The van der Waals surface area contributed by atoms with Crippen LogP contribution in [0.2, 0.25) is 0 Å². The summed E-state index contributed by atoms with van der Waals surface area (Å²) in [6.45, 7) is 4.09. The molecule has 3 heterocycles. The largest absolute Gasteiger partial charge is 0.496 e. The van der Waals surface area contributed by atoms with Crippen molar-refractivity contribution in [3.05, 3.63) is 30.5 Å². The SMILES string of the molecule is COc1cccc2c(N3CCC(C4CCOCC4)C3)nccc12. The molecule has 23 heavy (non-hydrogen) atoms. The van der Waals surface area contributed by atoms with Crippen molar-refractivity contribution in [1.82, 2.24) is 4.98 Å². The maximum Gasteiger partial charge on any atom is 0.136 e. The first-order valence-corrected chi connectivity index (χ1v) is 8.61. The summed E-state index contributed by atoms with van der Waals surface area (Å²) in [6, 6.07) is 8.27. The van der Waals surface area contributed by atoms with E-state index >= 15 is 0 Å². The molecule has 0 bridgehead atoms. The fraction of sp³-hybridized carbons (Fsp3) is 0.526. The van der Waals surface area contributed by atoms with Gasteiger partial charge in [-0.25, -0.2) is 4.98 Å². The molecule has 0 spiro atoms. The number of hydrogen-bond acceptors (Lipinski definition) is 4. The molecule has 0 aliphatic carbocycles. The predicted molar refractivity (Wildman–Crippen MR) is 92.2 cm³/mol. The topological polar surface area (TPSA) is 34.6 Å². The number of methoxy groups -OCH3 is 1. The van der Waals surface area contributed by atoms with E-state index in [1.165, 1.54) is 24.6 Å². The molecule has 1 aromatic heterocycles. The van der Waals surface area contributed by atoms with Gasteiger partial charge in [0.05, 0.1) is 7.11 Å². The zero-order valence-electron chi connectivity index (χ0n) is 13.7. The second-order valence-electron chi connectivity index (χ2n) is 6.63. The number of rotatable bonds is 3. The van der Waals surface area contributed by atoms with Gasteiger partial charge in [-0.05, 0) is 43.2 Å². The lowest BCUT2D eigenvalue weighted by atomic mass is 9.85. The highest BCUT2D eigenvalue weighted by atomic mass is 16.5. The Morgan fingerprint density at radius 1 is 1.09 bits per heavy atom. The zero-order valence-corrected chi connectivity index (χ0v) is 13.7. The van der Waals surface area contributed by atoms with Crippen molar-refractivity contribution in [1.29, 1.82) is 0 Å². The Balaban J connectivity index is 1.60. The van der Waals surface area contributed by atoms with Crippen molar-refractivity contribution in [3.8, 4) is 5.75 Å². The van der Waals surface area contributed by atoms with E-state index in [0.717, 1.165) is 55.1 Å². The Labute approximate surface area is 137 Å². The van der Waals surface area contributed by atoms with Gasteiger partial charge in [0.1, 0.15) is 11.6 Å². The molecule has 0 radical (unpaired) electrons. The molecule has 4 nitrogen and oxygen atoms in total. The van der Waals surface area contributed by atoms with Gasteiger partial charge < -0.3 is 14.4 Å². The van der Waals surface area contributed by atoms with Gasteiger partial charge in [0, 0.05) is 43.3 Å². The molecule has 4 rings (SSSR count). The maximum atomic E-state index is 5.51. The first-order chi connectivity index (χ1) is 11.4. The second-order valence-corrected chi connectivity index (χ2v) is 6.63. The van der Waals surface area contributed by atoms with Crippen LogP contribution < -0.4 is 9.64 Å². The molecule has 1 unspecified atom stereocenters. The third-order valence-corrected chi connectivity index (χ3v) is 5.42. The third-order valence-electron chi connectivity index (χ3n) is 5.42. The minimum atomic E-state index is 0.779. The van der Waals surface area contributed by atoms with Gasteiger partial charge in [-0.3, -0.25) is 0 Å². The molecule has 2 aliphatic heterocycles. The van der Waals surface area contributed by atoms with Crippen molar-refractivity contribution in [2.45, 2.75) is 19.3 Å². The lowest BCUT2D eigenvalue weighted by Gasteiger charge is -2.28.